The molecule has 2 aromatic rings. The molecule has 2 nitrogen and oxygen atoms in total. The summed E-state index contributed by atoms with van der Waals surface area (Å²) in [5.74, 6) is 0.721. The topological polar surface area (TPSA) is 26.3 Å². The Labute approximate surface area is 143 Å². The van der Waals surface area contributed by atoms with Crippen LogP contribution in [-0.4, -0.2) is 19.0 Å². The largest absolute Gasteiger partial charge is 0.381 e. The van der Waals surface area contributed by atoms with Crippen LogP contribution in [0.15, 0.2) is 60.7 Å². The molecule has 2 heteroatoms. The van der Waals surface area contributed by atoms with Crippen molar-refractivity contribution in [2.45, 2.75) is 25.7 Å². The first-order chi connectivity index (χ1) is 11.6. The van der Waals surface area contributed by atoms with Crippen LogP contribution in [0.4, 0.5) is 0 Å². The molecule has 1 saturated carbocycles. The summed E-state index contributed by atoms with van der Waals surface area (Å²) in [5, 5.41) is 0. The first-order valence-electron chi connectivity index (χ1n) is 8.80. The maximum atomic E-state index is 13.4. The number of fused-ring (bicyclic) bond motifs is 1. The van der Waals surface area contributed by atoms with E-state index >= 15 is 0 Å². The maximum Gasteiger partial charge on any atom is 0.166 e. The SMILES string of the molecule is C[C@@]12COC[C@@H]1C[C@H](C(=O)c1ccccc1)[C@@]2(C)c1ccccc1. The number of ether oxygens (including phenoxy) is 1. The second-order valence-corrected chi connectivity index (χ2v) is 7.72. The van der Waals surface area contributed by atoms with E-state index in [1.807, 2.05) is 36.4 Å². The third-order valence-corrected chi connectivity index (χ3v) is 6.77. The molecule has 0 N–H and O–H groups in total. The number of hydrogen-bond donors (Lipinski definition) is 0. The quantitative estimate of drug-likeness (QED) is 0.778. The second kappa shape index (κ2) is 5.56. The minimum atomic E-state index is -0.206. The highest BCUT2D eigenvalue weighted by atomic mass is 16.5. The summed E-state index contributed by atoms with van der Waals surface area (Å²) in [7, 11) is 0. The lowest BCUT2D eigenvalue weighted by atomic mass is 9.59. The summed E-state index contributed by atoms with van der Waals surface area (Å²) in [6.45, 7) is 6.11. The molecule has 0 radical (unpaired) electrons. The summed E-state index contributed by atoms with van der Waals surface area (Å²) >= 11 is 0. The van der Waals surface area contributed by atoms with Gasteiger partial charge in [0.15, 0.2) is 5.78 Å². The average molecular weight is 320 g/mol. The zero-order valence-electron chi connectivity index (χ0n) is 14.4. The number of hydrogen-bond acceptors (Lipinski definition) is 2. The summed E-state index contributed by atoms with van der Waals surface area (Å²) in [4.78, 5) is 13.4. The van der Waals surface area contributed by atoms with Crippen LogP contribution in [0.25, 0.3) is 0 Å². The lowest BCUT2D eigenvalue weighted by Crippen LogP contribution is -2.46. The molecule has 1 aliphatic heterocycles. The summed E-state index contributed by atoms with van der Waals surface area (Å²) in [6.07, 6.45) is 0.912. The smallest absolute Gasteiger partial charge is 0.166 e. The molecule has 1 heterocycles. The van der Waals surface area contributed by atoms with Crippen LogP contribution in [0.1, 0.15) is 36.2 Å². The third kappa shape index (κ3) is 2.02. The van der Waals surface area contributed by atoms with Gasteiger partial charge in [-0.15, -0.1) is 0 Å². The van der Waals surface area contributed by atoms with Gasteiger partial charge in [-0.2, -0.15) is 0 Å². The van der Waals surface area contributed by atoms with Gasteiger partial charge in [0.1, 0.15) is 0 Å². The van der Waals surface area contributed by atoms with Crippen molar-refractivity contribution in [3.05, 3.63) is 71.8 Å². The summed E-state index contributed by atoms with van der Waals surface area (Å²) in [5.41, 5.74) is 1.88. The molecule has 124 valence electrons. The maximum absolute atomic E-state index is 13.4. The second-order valence-electron chi connectivity index (χ2n) is 7.72. The Kier molecular flexibility index (Phi) is 3.61. The summed E-state index contributed by atoms with van der Waals surface area (Å²) < 4.78 is 5.85. The molecule has 0 bridgehead atoms. The highest BCUT2D eigenvalue weighted by molar-refractivity contribution is 5.99. The van der Waals surface area contributed by atoms with Crippen molar-refractivity contribution < 1.29 is 9.53 Å². The Hall–Kier alpha value is -1.93. The number of carbonyl (C=O) groups is 1. The number of carbonyl (C=O) groups excluding carboxylic acids is 1. The zero-order valence-corrected chi connectivity index (χ0v) is 14.4. The van der Waals surface area contributed by atoms with Crippen molar-refractivity contribution in [1.82, 2.24) is 0 Å². The van der Waals surface area contributed by atoms with E-state index in [9.17, 15) is 4.79 Å². The van der Waals surface area contributed by atoms with Gasteiger partial charge in [-0.25, -0.2) is 0 Å². The number of Topliss-reactive ketones (excluding diaryl/α,β-unsaturated/α-hetero) is 1. The van der Waals surface area contributed by atoms with Crippen molar-refractivity contribution in [2.24, 2.45) is 17.3 Å². The Morgan fingerprint density at radius 1 is 1.00 bits per heavy atom. The van der Waals surface area contributed by atoms with Gasteiger partial charge < -0.3 is 4.74 Å². The third-order valence-electron chi connectivity index (χ3n) is 6.77. The standard InChI is InChI=1S/C22H24O2/c1-21-15-24-14-18(21)13-19(20(23)16-9-5-3-6-10-16)22(21,2)17-11-7-4-8-12-17/h3-12,18-19H,13-15H2,1-2H3/t18-,19+,21+,22+/m0/s1. The van der Waals surface area contributed by atoms with E-state index in [4.69, 9.17) is 4.74 Å². The van der Waals surface area contributed by atoms with Gasteiger partial charge in [0, 0.05) is 22.3 Å². The molecule has 24 heavy (non-hydrogen) atoms. The number of rotatable bonds is 3. The highest BCUT2D eigenvalue weighted by Gasteiger charge is 2.64. The van der Waals surface area contributed by atoms with Crippen LogP contribution >= 0.6 is 0 Å². The number of ketones is 1. The van der Waals surface area contributed by atoms with Gasteiger partial charge in [0.05, 0.1) is 13.2 Å². The summed E-state index contributed by atoms with van der Waals surface area (Å²) in [6, 6.07) is 20.3. The van der Waals surface area contributed by atoms with Crippen molar-refractivity contribution >= 4 is 5.78 Å². The Bertz CT molecular complexity index is 739. The molecular formula is C22H24O2. The average Bonchev–Trinajstić information content (AvgIpc) is 3.11. The van der Waals surface area contributed by atoms with Gasteiger partial charge >= 0.3 is 0 Å². The molecule has 0 aromatic heterocycles. The van der Waals surface area contributed by atoms with Crippen molar-refractivity contribution in [1.29, 1.82) is 0 Å². The fraction of sp³-hybridized carbons (Fsp3) is 0.409. The predicted octanol–water partition coefficient (Wildman–Crippen LogP) is 4.50. The fourth-order valence-corrected chi connectivity index (χ4v) is 5.02. The molecule has 2 fully saturated rings. The van der Waals surface area contributed by atoms with E-state index in [1.54, 1.807) is 0 Å². The lowest BCUT2D eigenvalue weighted by Gasteiger charge is -2.43. The monoisotopic (exact) mass is 320 g/mol. The van der Waals surface area contributed by atoms with E-state index in [0.29, 0.717) is 5.92 Å². The number of benzene rings is 2. The molecule has 0 spiro atoms. The molecule has 0 unspecified atom stereocenters. The van der Waals surface area contributed by atoms with Crippen LogP contribution in [0, 0.1) is 17.3 Å². The van der Waals surface area contributed by atoms with Gasteiger partial charge in [-0.3, -0.25) is 4.79 Å². The van der Waals surface area contributed by atoms with Gasteiger partial charge in [-0.05, 0) is 17.9 Å². The van der Waals surface area contributed by atoms with Crippen LogP contribution in [0.2, 0.25) is 0 Å². The molecule has 2 aliphatic rings. The van der Waals surface area contributed by atoms with E-state index in [-0.39, 0.29) is 22.5 Å². The Morgan fingerprint density at radius 3 is 2.29 bits per heavy atom. The van der Waals surface area contributed by atoms with E-state index in [1.165, 1.54) is 5.56 Å². The van der Waals surface area contributed by atoms with Crippen molar-refractivity contribution in [3.8, 4) is 0 Å². The Balaban J connectivity index is 1.83. The minimum Gasteiger partial charge on any atom is -0.381 e. The fourth-order valence-electron chi connectivity index (χ4n) is 5.02. The van der Waals surface area contributed by atoms with E-state index < -0.39 is 0 Å². The molecule has 1 aliphatic carbocycles. The molecule has 1 saturated heterocycles. The molecule has 4 atom stereocenters. The van der Waals surface area contributed by atoms with Crippen molar-refractivity contribution in [3.63, 3.8) is 0 Å². The zero-order chi connectivity index (χ0) is 16.8. The van der Waals surface area contributed by atoms with Crippen LogP contribution < -0.4 is 0 Å². The van der Waals surface area contributed by atoms with E-state index in [2.05, 4.69) is 38.1 Å². The first kappa shape index (κ1) is 15.6. The Morgan fingerprint density at radius 2 is 1.62 bits per heavy atom. The molecule has 2 aromatic carbocycles. The highest BCUT2D eigenvalue weighted by Crippen LogP contribution is 2.63. The van der Waals surface area contributed by atoms with E-state index in [0.717, 1.165) is 25.2 Å². The van der Waals surface area contributed by atoms with Gasteiger partial charge in [0.25, 0.3) is 0 Å². The molecule has 0 amide bonds. The molecule has 4 rings (SSSR count). The first-order valence-corrected chi connectivity index (χ1v) is 8.80. The van der Waals surface area contributed by atoms with Gasteiger partial charge in [-0.1, -0.05) is 74.5 Å². The van der Waals surface area contributed by atoms with Crippen LogP contribution in [-0.2, 0) is 10.2 Å². The van der Waals surface area contributed by atoms with Gasteiger partial charge in [0.2, 0.25) is 0 Å². The normalized spacial score (nSPS) is 34.9. The lowest BCUT2D eigenvalue weighted by molar-refractivity contribution is 0.0678. The van der Waals surface area contributed by atoms with Crippen LogP contribution in [0.3, 0.4) is 0 Å². The molecular weight excluding hydrogens is 296 g/mol. The van der Waals surface area contributed by atoms with Crippen molar-refractivity contribution in [2.75, 3.05) is 13.2 Å². The van der Waals surface area contributed by atoms with Crippen LogP contribution in [0.5, 0.6) is 0 Å². The minimum absolute atomic E-state index is 0.00111. The predicted molar refractivity (Wildman–Crippen MR) is 95.1 cm³/mol.